The van der Waals surface area contributed by atoms with Gasteiger partial charge < -0.3 is 33.8 Å². The summed E-state index contributed by atoms with van der Waals surface area (Å²) in [5, 5.41) is 10.5. The molecule has 0 aromatic heterocycles. The summed E-state index contributed by atoms with van der Waals surface area (Å²) in [4.78, 5) is 71.8. The van der Waals surface area contributed by atoms with Crippen LogP contribution in [0.15, 0.2) is 0 Å². The molecule has 0 fully saturated rings. The molecule has 17 nitrogen and oxygen atoms in total. The number of aliphatic hydroxyl groups excluding tert-OH is 1. The van der Waals surface area contributed by atoms with Gasteiger partial charge in [0.05, 0.1) is 26.4 Å². The highest BCUT2D eigenvalue weighted by Crippen LogP contribution is 2.45. The third-order valence-corrected chi connectivity index (χ3v) is 15.4. The fourth-order valence-corrected chi connectivity index (χ4v) is 10.3. The van der Waals surface area contributed by atoms with E-state index in [0.29, 0.717) is 31.6 Å². The molecule has 0 heterocycles. The van der Waals surface area contributed by atoms with Crippen LogP contribution in [0.1, 0.15) is 291 Å². The molecule has 2 unspecified atom stereocenters. The summed E-state index contributed by atoms with van der Waals surface area (Å²) in [5.74, 6) is -1.44. The average molecular weight is 1160 g/mol. The predicted octanol–water partition coefficient (Wildman–Crippen LogP) is 15.8. The summed E-state index contributed by atoms with van der Waals surface area (Å²) in [6.45, 7) is 7.03. The van der Waals surface area contributed by atoms with Crippen molar-refractivity contribution in [1.29, 1.82) is 0 Å². The molecule has 0 aliphatic rings. The highest BCUT2D eigenvalue weighted by molar-refractivity contribution is 7.47. The number of carbonyl (C=O) groups is 4. The monoisotopic (exact) mass is 1160 g/mol. The van der Waals surface area contributed by atoms with E-state index < -0.39 is 97.5 Å². The van der Waals surface area contributed by atoms with Gasteiger partial charge in [0.15, 0.2) is 12.2 Å². The van der Waals surface area contributed by atoms with E-state index in [0.717, 1.165) is 116 Å². The number of phosphoric ester groups is 2. The summed E-state index contributed by atoms with van der Waals surface area (Å²) in [5.41, 5.74) is 0. The maximum absolute atomic E-state index is 12.9. The van der Waals surface area contributed by atoms with Crippen LogP contribution in [-0.4, -0.2) is 96.7 Å². The lowest BCUT2D eigenvalue weighted by molar-refractivity contribution is -0.161. The number of hydrogen-bond donors (Lipinski definition) is 3. The molecule has 0 aromatic rings. The number of rotatable bonds is 59. The van der Waals surface area contributed by atoms with Crippen molar-refractivity contribution in [2.45, 2.75) is 310 Å². The van der Waals surface area contributed by atoms with Gasteiger partial charge in [0.2, 0.25) is 0 Å². The lowest BCUT2D eigenvalue weighted by atomic mass is 10.0. The molecule has 0 aliphatic heterocycles. The van der Waals surface area contributed by atoms with E-state index in [2.05, 4.69) is 34.6 Å². The fraction of sp³-hybridized carbons (Fsp3) is 0.932. The van der Waals surface area contributed by atoms with E-state index in [1.54, 1.807) is 0 Å². The number of hydrogen-bond acceptors (Lipinski definition) is 15. The molecule has 0 aromatic carbocycles. The number of esters is 4. The lowest BCUT2D eigenvalue weighted by Gasteiger charge is -2.21. The second-order valence-electron chi connectivity index (χ2n) is 21.9. The van der Waals surface area contributed by atoms with Gasteiger partial charge in [-0.25, -0.2) is 9.13 Å². The minimum absolute atomic E-state index is 0.104. The van der Waals surface area contributed by atoms with E-state index in [4.69, 9.17) is 37.0 Å². The van der Waals surface area contributed by atoms with E-state index >= 15 is 0 Å². The molecular formula is C59H114O17P2. The Morgan fingerprint density at radius 3 is 0.872 bits per heavy atom. The van der Waals surface area contributed by atoms with Crippen molar-refractivity contribution >= 4 is 39.5 Å². The van der Waals surface area contributed by atoms with Gasteiger partial charge in [-0.2, -0.15) is 0 Å². The lowest BCUT2D eigenvalue weighted by Crippen LogP contribution is -2.30. The van der Waals surface area contributed by atoms with Crippen LogP contribution in [0.2, 0.25) is 0 Å². The van der Waals surface area contributed by atoms with Crippen LogP contribution in [0.5, 0.6) is 0 Å². The van der Waals surface area contributed by atoms with Crippen LogP contribution >= 0.6 is 15.6 Å². The molecular weight excluding hydrogens is 1040 g/mol. The Morgan fingerprint density at radius 2 is 0.590 bits per heavy atom. The summed E-state index contributed by atoms with van der Waals surface area (Å²) in [6.07, 6.45) is 35.0. The van der Waals surface area contributed by atoms with E-state index in [-0.39, 0.29) is 25.7 Å². The van der Waals surface area contributed by atoms with Crippen molar-refractivity contribution in [1.82, 2.24) is 0 Å². The summed E-state index contributed by atoms with van der Waals surface area (Å²) < 4.78 is 67.6. The minimum Gasteiger partial charge on any atom is -0.462 e. The molecule has 0 saturated heterocycles. The molecule has 3 N–H and O–H groups in total. The van der Waals surface area contributed by atoms with Crippen LogP contribution in [-0.2, 0) is 65.4 Å². The van der Waals surface area contributed by atoms with Gasteiger partial charge in [-0.1, -0.05) is 240 Å². The Hall–Kier alpha value is -1.94. The van der Waals surface area contributed by atoms with Crippen molar-refractivity contribution < 1.29 is 80.2 Å². The van der Waals surface area contributed by atoms with E-state index in [1.165, 1.54) is 89.9 Å². The molecule has 78 heavy (non-hydrogen) atoms. The topological polar surface area (TPSA) is 237 Å². The number of carbonyl (C=O) groups excluding carboxylic acids is 4. The van der Waals surface area contributed by atoms with Crippen molar-refractivity contribution in [2.75, 3.05) is 39.6 Å². The number of unbranched alkanes of at least 4 members (excludes halogenated alkanes) is 31. The molecule has 19 heteroatoms. The predicted molar refractivity (Wildman–Crippen MR) is 308 cm³/mol. The second-order valence-corrected chi connectivity index (χ2v) is 24.8. The third-order valence-electron chi connectivity index (χ3n) is 13.5. The summed E-state index contributed by atoms with van der Waals surface area (Å²) in [6, 6.07) is 0. The zero-order valence-corrected chi connectivity index (χ0v) is 51.6. The van der Waals surface area contributed by atoms with Gasteiger partial charge in [0.25, 0.3) is 0 Å². The number of phosphoric acid groups is 2. The van der Waals surface area contributed by atoms with Gasteiger partial charge in [-0.3, -0.25) is 37.3 Å². The molecule has 0 spiro atoms. The van der Waals surface area contributed by atoms with Gasteiger partial charge in [0, 0.05) is 25.7 Å². The molecule has 0 amide bonds. The molecule has 0 saturated carbocycles. The zero-order valence-electron chi connectivity index (χ0n) is 49.8. The van der Waals surface area contributed by atoms with Crippen LogP contribution < -0.4 is 0 Å². The summed E-state index contributed by atoms with van der Waals surface area (Å²) in [7, 11) is -9.87. The quantitative estimate of drug-likeness (QED) is 0.0222. The van der Waals surface area contributed by atoms with Crippen LogP contribution in [0, 0.1) is 5.92 Å². The Labute approximate surface area is 473 Å². The van der Waals surface area contributed by atoms with Gasteiger partial charge in [0.1, 0.15) is 19.3 Å². The molecule has 0 radical (unpaired) electrons. The largest absolute Gasteiger partial charge is 0.472 e. The summed E-state index contributed by atoms with van der Waals surface area (Å²) >= 11 is 0. The van der Waals surface area contributed by atoms with Crippen LogP contribution in [0.4, 0.5) is 0 Å². The van der Waals surface area contributed by atoms with Gasteiger partial charge in [-0.05, 0) is 31.6 Å². The normalized spacial score (nSPS) is 14.4. The molecule has 0 bridgehead atoms. The van der Waals surface area contributed by atoms with Crippen molar-refractivity contribution in [3.8, 4) is 0 Å². The Morgan fingerprint density at radius 1 is 0.346 bits per heavy atom. The van der Waals surface area contributed by atoms with E-state index in [9.17, 15) is 43.2 Å². The van der Waals surface area contributed by atoms with Crippen molar-refractivity contribution in [3.63, 3.8) is 0 Å². The Kier molecular flexibility index (Phi) is 51.8. The first-order valence-corrected chi connectivity index (χ1v) is 34.1. The Balaban J connectivity index is 5.20. The maximum Gasteiger partial charge on any atom is 0.472 e. The highest BCUT2D eigenvalue weighted by atomic mass is 31.2. The zero-order chi connectivity index (χ0) is 57.8. The molecule has 462 valence electrons. The first kappa shape index (κ1) is 76.1. The second kappa shape index (κ2) is 53.1. The van der Waals surface area contributed by atoms with Gasteiger partial charge >= 0.3 is 39.5 Å². The third kappa shape index (κ3) is 53.4. The number of ether oxygens (including phenoxy) is 4. The molecule has 0 rings (SSSR count). The maximum atomic E-state index is 12.9. The van der Waals surface area contributed by atoms with Crippen molar-refractivity contribution in [2.24, 2.45) is 5.92 Å². The van der Waals surface area contributed by atoms with Crippen LogP contribution in [0.3, 0.4) is 0 Å². The fourth-order valence-electron chi connectivity index (χ4n) is 8.70. The van der Waals surface area contributed by atoms with Crippen molar-refractivity contribution in [3.05, 3.63) is 0 Å². The first-order chi connectivity index (χ1) is 37.5. The van der Waals surface area contributed by atoms with E-state index in [1.807, 2.05) is 0 Å². The first-order valence-electron chi connectivity index (χ1n) is 31.1. The Bertz CT molecular complexity index is 1530. The minimum atomic E-state index is -4.94. The average Bonchev–Trinajstić information content (AvgIpc) is 3.40. The molecule has 0 aliphatic carbocycles. The standard InChI is InChI=1S/C59H114O17P2/c1-6-9-12-15-18-20-21-22-23-24-29-35-40-45-59(64)76-55(49-70-57(62)43-38-33-30-25-27-31-36-41-52(4)5)51-74-78(67,68)72-47-53(60)46-71-77(65,66)73-50-54(48-69-56(61)42-37-32-26-17-14-11-8-3)75-58(63)44-39-34-28-19-16-13-10-7-2/h52-55,60H,6-51H2,1-5H3,(H,65,66)(H,67,68)/t53-,54+,55+/m0/s1. The highest BCUT2D eigenvalue weighted by Gasteiger charge is 2.30. The SMILES string of the molecule is CCCCCCCCCCCCCCCC(=O)O[C@H](COC(=O)CCCCCCCCCC(C)C)COP(=O)(O)OC[C@@H](O)COP(=O)(O)OC[C@@H](COC(=O)CCCCCCCCC)OC(=O)CCCCCCCCCC. The molecule has 5 atom stereocenters. The smallest absolute Gasteiger partial charge is 0.462 e. The van der Waals surface area contributed by atoms with Crippen LogP contribution in [0.25, 0.3) is 0 Å². The van der Waals surface area contributed by atoms with Gasteiger partial charge in [-0.15, -0.1) is 0 Å². The number of aliphatic hydroxyl groups is 1.